The van der Waals surface area contributed by atoms with Gasteiger partial charge in [-0.15, -0.1) is 0 Å². The van der Waals surface area contributed by atoms with E-state index in [2.05, 4.69) is 0 Å². The number of carbonyl (C=O) groups excluding carboxylic acids is 2. The first kappa shape index (κ1) is 12.4. The van der Waals surface area contributed by atoms with Crippen molar-refractivity contribution in [1.29, 1.82) is 0 Å². The lowest BCUT2D eigenvalue weighted by Crippen LogP contribution is -2.25. The largest absolute Gasteiger partial charge is 0.390 e. The summed E-state index contributed by atoms with van der Waals surface area (Å²) in [5.41, 5.74) is 5.66. The van der Waals surface area contributed by atoms with E-state index in [1.54, 1.807) is 18.2 Å². The number of aliphatic hydroxyl groups is 2. The highest BCUT2D eigenvalue weighted by atomic mass is 16.3. The Hall–Kier alpha value is -1.72. The van der Waals surface area contributed by atoms with Gasteiger partial charge in [0.15, 0.2) is 0 Å². The molecule has 2 unspecified atom stereocenters. The van der Waals surface area contributed by atoms with E-state index in [1.807, 2.05) is 0 Å². The van der Waals surface area contributed by atoms with Crippen LogP contribution in [0.15, 0.2) is 24.3 Å². The van der Waals surface area contributed by atoms with Crippen molar-refractivity contribution < 1.29 is 19.8 Å². The molecule has 0 aromatic heterocycles. The summed E-state index contributed by atoms with van der Waals surface area (Å²) < 4.78 is 0. The number of benzene rings is 1. The molecule has 0 aliphatic rings. The molecule has 5 heteroatoms. The number of hydrogen-bond acceptors (Lipinski definition) is 4. The highest BCUT2D eigenvalue weighted by Crippen LogP contribution is 2.19. The summed E-state index contributed by atoms with van der Waals surface area (Å²) in [6.07, 6.45) is -2.19. The van der Waals surface area contributed by atoms with E-state index in [4.69, 9.17) is 5.73 Å². The molecule has 1 aromatic carbocycles. The summed E-state index contributed by atoms with van der Waals surface area (Å²) in [4.78, 5) is 21.1. The van der Waals surface area contributed by atoms with Crippen LogP contribution in [0.2, 0.25) is 0 Å². The van der Waals surface area contributed by atoms with Crippen LogP contribution in [0.5, 0.6) is 0 Å². The zero-order chi connectivity index (χ0) is 12.1. The Bertz CT molecular complexity index is 391. The number of carbonyl (C=O) groups is 2. The standard InChI is InChI=1S/C11H13NO4/c12-10(15)5-9(14)11(16)8-3-1-2-7(4-8)6-13/h1-4,6,9,11,14,16H,5H2,(H2,12,15). The summed E-state index contributed by atoms with van der Waals surface area (Å²) in [5.74, 6) is -0.696. The second-order valence-electron chi connectivity index (χ2n) is 3.47. The van der Waals surface area contributed by atoms with Crippen LogP contribution in [0.25, 0.3) is 0 Å². The third-order valence-electron chi connectivity index (χ3n) is 2.16. The molecule has 4 N–H and O–H groups in total. The molecule has 2 atom stereocenters. The number of nitrogens with two attached hydrogens (primary N) is 1. The number of amides is 1. The number of aliphatic hydroxyl groups excluding tert-OH is 2. The van der Waals surface area contributed by atoms with Gasteiger partial charge in [-0.1, -0.05) is 18.2 Å². The van der Waals surface area contributed by atoms with Crippen molar-refractivity contribution in [3.63, 3.8) is 0 Å². The molecular weight excluding hydrogens is 210 g/mol. The molecule has 0 radical (unpaired) electrons. The number of aldehydes is 1. The van der Waals surface area contributed by atoms with Crippen molar-refractivity contribution in [2.45, 2.75) is 18.6 Å². The number of hydrogen-bond donors (Lipinski definition) is 3. The van der Waals surface area contributed by atoms with Gasteiger partial charge >= 0.3 is 0 Å². The first-order valence-corrected chi connectivity index (χ1v) is 4.74. The lowest BCUT2D eigenvalue weighted by atomic mass is 10.0. The van der Waals surface area contributed by atoms with Gasteiger partial charge in [0.1, 0.15) is 12.4 Å². The van der Waals surface area contributed by atoms with E-state index >= 15 is 0 Å². The lowest BCUT2D eigenvalue weighted by molar-refractivity contribution is -0.121. The summed E-state index contributed by atoms with van der Waals surface area (Å²) in [6.45, 7) is 0. The van der Waals surface area contributed by atoms with Gasteiger partial charge in [-0.3, -0.25) is 9.59 Å². The minimum Gasteiger partial charge on any atom is -0.390 e. The molecule has 0 saturated carbocycles. The SMILES string of the molecule is NC(=O)CC(O)C(O)c1cccc(C=O)c1. The summed E-state index contributed by atoms with van der Waals surface area (Å²) in [6, 6.07) is 6.16. The molecule has 0 fully saturated rings. The first-order valence-electron chi connectivity index (χ1n) is 4.74. The van der Waals surface area contributed by atoms with Gasteiger partial charge in [-0.05, 0) is 11.6 Å². The summed E-state index contributed by atoms with van der Waals surface area (Å²) in [7, 11) is 0. The topological polar surface area (TPSA) is 101 Å². The fourth-order valence-electron chi connectivity index (χ4n) is 1.36. The minimum absolute atomic E-state index is 0.327. The molecule has 0 aliphatic heterocycles. The Labute approximate surface area is 92.5 Å². The third-order valence-corrected chi connectivity index (χ3v) is 2.16. The Kier molecular flexibility index (Phi) is 4.16. The molecule has 0 heterocycles. The van der Waals surface area contributed by atoms with E-state index < -0.39 is 18.1 Å². The van der Waals surface area contributed by atoms with E-state index in [0.717, 1.165) is 0 Å². The molecule has 0 saturated heterocycles. The van der Waals surface area contributed by atoms with E-state index in [1.165, 1.54) is 6.07 Å². The molecule has 16 heavy (non-hydrogen) atoms. The molecule has 0 aliphatic carbocycles. The molecule has 86 valence electrons. The van der Waals surface area contributed by atoms with E-state index in [9.17, 15) is 19.8 Å². The fraction of sp³-hybridized carbons (Fsp3) is 0.273. The first-order chi connectivity index (χ1) is 7.54. The Balaban J connectivity index is 2.82. The highest BCUT2D eigenvalue weighted by Gasteiger charge is 2.20. The second kappa shape index (κ2) is 5.39. The van der Waals surface area contributed by atoms with Crippen LogP contribution in [0, 0.1) is 0 Å². The van der Waals surface area contributed by atoms with Crippen molar-refractivity contribution >= 4 is 12.2 Å². The van der Waals surface area contributed by atoms with Gasteiger partial charge in [0.25, 0.3) is 0 Å². The highest BCUT2D eigenvalue weighted by molar-refractivity contribution is 5.75. The van der Waals surface area contributed by atoms with Gasteiger partial charge in [-0.25, -0.2) is 0 Å². The third kappa shape index (κ3) is 3.15. The average molecular weight is 223 g/mol. The zero-order valence-corrected chi connectivity index (χ0v) is 8.54. The van der Waals surface area contributed by atoms with Gasteiger partial charge in [-0.2, -0.15) is 0 Å². The second-order valence-corrected chi connectivity index (χ2v) is 3.47. The predicted octanol–water partition coefficient (Wildman–Crippen LogP) is -0.231. The summed E-state index contributed by atoms with van der Waals surface area (Å²) >= 11 is 0. The van der Waals surface area contributed by atoms with Crippen LogP contribution in [-0.4, -0.2) is 28.5 Å². The maximum absolute atomic E-state index is 10.6. The number of primary amides is 1. The van der Waals surface area contributed by atoms with Crippen molar-refractivity contribution in [3.8, 4) is 0 Å². The van der Waals surface area contributed by atoms with Crippen LogP contribution in [-0.2, 0) is 4.79 Å². The average Bonchev–Trinajstić information content (AvgIpc) is 2.27. The maximum atomic E-state index is 10.6. The van der Waals surface area contributed by atoms with Crippen molar-refractivity contribution in [3.05, 3.63) is 35.4 Å². The maximum Gasteiger partial charge on any atom is 0.220 e. The number of rotatable bonds is 5. The van der Waals surface area contributed by atoms with Crippen LogP contribution in [0.1, 0.15) is 28.4 Å². The quantitative estimate of drug-likeness (QED) is 0.600. The van der Waals surface area contributed by atoms with E-state index in [0.29, 0.717) is 17.4 Å². The molecule has 1 aromatic rings. The van der Waals surface area contributed by atoms with Crippen molar-refractivity contribution in [2.24, 2.45) is 5.73 Å². The molecule has 5 nitrogen and oxygen atoms in total. The molecule has 0 bridgehead atoms. The Morgan fingerprint density at radius 3 is 2.69 bits per heavy atom. The van der Waals surface area contributed by atoms with Gasteiger partial charge in [0.05, 0.1) is 12.5 Å². The van der Waals surface area contributed by atoms with Crippen molar-refractivity contribution in [1.82, 2.24) is 0 Å². The zero-order valence-electron chi connectivity index (χ0n) is 8.54. The van der Waals surface area contributed by atoms with Crippen molar-refractivity contribution in [2.75, 3.05) is 0 Å². The molecule has 0 spiro atoms. The molecule has 1 rings (SSSR count). The monoisotopic (exact) mass is 223 g/mol. The van der Waals surface area contributed by atoms with E-state index in [-0.39, 0.29) is 6.42 Å². The predicted molar refractivity (Wildman–Crippen MR) is 56.6 cm³/mol. The summed E-state index contributed by atoms with van der Waals surface area (Å²) in [5, 5.41) is 19.2. The fourth-order valence-corrected chi connectivity index (χ4v) is 1.36. The Morgan fingerprint density at radius 1 is 1.44 bits per heavy atom. The van der Waals surface area contributed by atoms with Gasteiger partial charge in [0.2, 0.25) is 5.91 Å². The normalized spacial score (nSPS) is 14.1. The van der Waals surface area contributed by atoms with Gasteiger partial charge < -0.3 is 15.9 Å². The van der Waals surface area contributed by atoms with Crippen LogP contribution >= 0.6 is 0 Å². The van der Waals surface area contributed by atoms with Crippen LogP contribution < -0.4 is 5.73 Å². The molecular formula is C11H13NO4. The van der Waals surface area contributed by atoms with Crippen LogP contribution in [0.4, 0.5) is 0 Å². The molecule has 1 amide bonds. The Morgan fingerprint density at radius 2 is 2.12 bits per heavy atom. The lowest BCUT2D eigenvalue weighted by Gasteiger charge is -2.16. The smallest absolute Gasteiger partial charge is 0.220 e. The minimum atomic E-state index is -1.26. The van der Waals surface area contributed by atoms with Gasteiger partial charge in [0, 0.05) is 5.56 Å². The van der Waals surface area contributed by atoms with Crippen LogP contribution in [0.3, 0.4) is 0 Å².